The van der Waals surface area contributed by atoms with Gasteiger partial charge in [0.1, 0.15) is 5.76 Å². The summed E-state index contributed by atoms with van der Waals surface area (Å²) >= 11 is 0. The second-order valence-electron chi connectivity index (χ2n) is 4.27. The summed E-state index contributed by atoms with van der Waals surface area (Å²) in [7, 11) is 1.94. The molecule has 0 fully saturated rings. The Morgan fingerprint density at radius 3 is 2.88 bits per heavy atom. The van der Waals surface area contributed by atoms with Gasteiger partial charge < -0.3 is 9.73 Å². The van der Waals surface area contributed by atoms with Crippen LogP contribution in [0.25, 0.3) is 0 Å². The SMILES string of the molecule is CCNC(Cc1cnn(C)c1)c1ccoc1C. The van der Waals surface area contributed by atoms with E-state index in [1.165, 1.54) is 11.1 Å². The van der Waals surface area contributed by atoms with Gasteiger partial charge >= 0.3 is 0 Å². The van der Waals surface area contributed by atoms with E-state index in [0.29, 0.717) is 6.04 Å². The summed E-state index contributed by atoms with van der Waals surface area (Å²) in [6.45, 7) is 5.06. The largest absolute Gasteiger partial charge is 0.469 e. The van der Waals surface area contributed by atoms with E-state index >= 15 is 0 Å². The predicted octanol–water partition coefficient (Wildman–Crippen LogP) is 2.21. The maximum atomic E-state index is 5.37. The average molecular weight is 233 g/mol. The molecule has 0 aliphatic heterocycles. The van der Waals surface area contributed by atoms with Crippen molar-refractivity contribution >= 4 is 0 Å². The summed E-state index contributed by atoms with van der Waals surface area (Å²) in [5.74, 6) is 0.986. The predicted molar refractivity (Wildman–Crippen MR) is 66.8 cm³/mol. The van der Waals surface area contributed by atoms with E-state index in [2.05, 4.69) is 23.5 Å². The highest BCUT2D eigenvalue weighted by Crippen LogP contribution is 2.22. The summed E-state index contributed by atoms with van der Waals surface area (Å²) in [5, 5.41) is 7.69. The Bertz CT molecular complexity index is 472. The molecule has 2 aromatic rings. The molecule has 0 saturated carbocycles. The van der Waals surface area contributed by atoms with Crippen molar-refractivity contribution in [1.82, 2.24) is 15.1 Å². The minimum atomic E-state index is 0.294. The van der Waals surface area contributed by atoms with Crippen LogP contribution in [0.5, 0.6) is 0 Å². The molecule has 0 aliphatic rings. The summed E-state index contributed by atoms with van der Waals surface area (Å²) in [6.07, 6.45) is 6.65. The number of hydrogen-bond donors (Lipinski definition) is 1. The van der Waals surface area contributed by atoms with Crippen molar-refractivity contribution in [2.45, 2.75) is 26.3 Å². The molecule has 0 spiro atoms. The quantitative estimate of drug-likeness (QED) is 0.861. The van der Waals surface area contributed by atoms with Gasteiger partial charge in [0.25, 0.3) is 0 Å². The van der Waals surface area contributed by atoms with E-state index in [9.17, 15) is 0 Å². The van der Waals surface area contributed by atoms with Crippen LogP contribution in [0.15, 0.2) is 29.1 Å². The molecular weight excluding hydrogens is 214 g/mol. The fraction of sp³-hybridized carbons (Fsp3) is 0.462. The average Bonchev–Trinajstić information content (AvgIpc) is 2.87. The van der Waals surface area contributed by atoms with Crippen LogP contribution in [0.4, 0.5) is 0 Å². The van der Waals surface area contributed by atoms with Crippen molar-refractivity contribution < 1.29 is 4.42 Å². The molecule has 2 heterocycles. The van der Waals surface area contributed by atoms with Crippen LogP contribution in [0, 0.1) is 6.92 Å². The Labute approximate surface area is 102 Å². The molecule has 0 amide bonds. The minimum Gasteiger partial charge on any atom is -0.469 e. The van der Waals surface area contributed by atoms with Gasteiger partial charge in [-0.25, -0.2) is 0 Å². The number of rotatable bonds is 5. The summed E-state index contributed by atoms with van der Waals surface area (Å²) in [5.41, 5.74) is 2.47. The van der Waals surface area contributed by atoms with Crippen LogP contribution >= 0.6 is 0 Å². The van der Waals surface area contributed by atoms with Gasteiger partial charge in [0, 0.05) is 24.8 Å². The smallest absolute Gasteiger partial charge is 0.105 e. The molecule has 2 aromatic heterocycles. The first-order valence-electron chi connectivity index (χ1n) is 5.95. The van der Waals surface area contributed by atoms with E-state index < -0.39 is 0 Å². The summed E-state index contributed by atoms with van der Waals surface area (Å²) < 4.78 is 7.21. The molecule has 17 heavy (non-hydrogen) atoms. The fourth-order valence-electron chi connectivity index (χ4n) is 2.11. The van der Waals surface area contributed by atoms with Crippen LogP contribution in [-0.2, 0) is 13.5 Å². The third-order valence-corrected chi connectivity index (χ3v) is 2.92. The zero-order valence-electron chi connectivity index (χ0n) is 10.6. The first-order chi connectivity index (χ1) is 8.20. The first kappa shape index (κ1) is 11.9. The molecular formula is C13H19N3O. The molecule has 4 heteroatoms. The van der Waals surface area contributed by atoms with Crippen LogP contribution in [0.2, 0.25) is 0 Å². The lowest BCUT2D eigenvalue weighted by molar-refractivity contribution is 0.501. The molecule has 1 N–H and O–H groups in total. The Morgan fingerprint density at radius 1 is 1.53 bits per heavy atom. The van der Waals surface area contributed by atoms with Gasteiger partial charge in [-0.1, -0.05) is 6.92 Å². The van der Waals surface area contributed by atoms with Crippen molar-refractivity contribution in [1.29, 1.82) is 0 Å². The standard InChI is InChI=1S/C13H19N3O/c1-4-14-13(12-5-6-17-10(12)2)7-11-8-15-16(3)9-11/h5-6,8-9,13-14H,4,7H2,1-3H3. The molecule has 2 rings (SSSR count). The first-order valence-corrected chi connectivity index (χ1v) is 5.95. The highest BCUT2D eigenvalue weighted by Gasteiger charge is 2.15. The Hall–Kier alpha value is -1.55. The fourth-order valence-corrected chi connectivity index (χ4v) is 2.11. The maximum Gasteiger partial charge on any atom is 0.105 e. The Morgan fingerprint density at radius 2 is 2.35 bits per heavy atom. The lowest BCUT2D eigenvalue weighted by Crippen LogP contribution is -2.23. The van der Waals surface area contributed by atoms with E-state index in [0.717, 1.165) is 18.7 Å². The number of likely N-dealkylation sites (N-methyl/N-ethyl adjacent to an activating group) is 1. The zero-order chi connectivity index (χ0) is 12.3. The molecule has 1 unspecified atom stereocenters. The zero-order valence-corrected chi connectivity index (χ0v) is 10.6. The number of nitrogens with zero attached hydrogens (tertiary/aromatic N) is 2. The summed E-state index contributed by atoms with van der Waals surface area (Å²) in [6, 6.07) is 2.34. The third kappa shape index (κ3) is 2.77. The van der Waals surface area contributed by atoms with E-state index in [-0.39, 0.29) is 0 Å². The number of hydrogen-bond acceptors (Lipinski definition) is 3. The number of furan rings is 1. The van der Waals surface area contributed by atoms with Crippen molar-refractivity contribution in [3.63, 3.8) is 0 Å². The van der Waals surface area contributed by atoms with Gasteiger partial charge in [0.05, 0.1) is 12.5 Å². The van der Waals surface area contributed by atoms with Gasteiger partial charge in [-0.15, -0.1) is 0 Å². The number of aromatic nitrogens is 2. The molecule has 1 atom stereocenters. The molecule has 0 aliphatic carbocycles. The second kappa shape index (κ2) is 5.19. The van der Waals surface area contributed by atoms with E-state index in [1.54, 1.807) is 6.26 Å². The second-order valence-corrected chi connectivity index (χ2v) is 4.27. The molecule has 0 aromatic carbocycles. The van der Waals surface area contributed by atoms with Crippen molar-refractivity contribution in [3.8, 4) is 0 Å². The van der Waals surface area contributed by atoms with Gasteiger partial charge in [0.2, 0.25) is 0 Å². The van der Waals surface area contributed by atoms with Gasteiger partial charge in [-0.05, 0) is 31.5 Å². The van der Waals surface area contributed by atoms with Crippen LogP contribution in [-0.4, -0.2) is 16.3 Å². The highest BCUT2D eigenvalue weighted by molar-refractivity contribution is 5.23. The van der Waals surface area contributed by atoms with Gasteiger partial charge in [-0.2, -0.15) is 5.10 Å². The highest BCUT2D eigenvalue weighted by atomic mass is 16.3. The van der Waals surface area contributed by atoms with Crippen molar-refractivity contribution in [3.05, 3.63) is 41.6 Å². The summed E-state index contributed by atoms with van der Waals surface area (Å²) in [4.78, 5) is 0. The third-order valence-electron chi connectivity index (χ3n) is 2.92. The van der Waals surface area contributed by atoms with Crippen molar-refractivity contribution in [2.75, 3.05) is 6.54 Å². The monoisotopic (exact) mass is 233 g/mol. The molecule has 4 nitrogen and oxygen atoms in total. The topological polar surface area (TPSA) is 43.0 Å². The van der Waals surface area contributed by atoms with Crippen LogP contribution < -0.4 is 5.32 Å². The van der Waals surface area contributed by atoms with Gasteiger partial charge in [-0.3, -0.25) is 4.68 Å². The Kier molecular flexibility index (Phi) is 3.64. The van der Waals surface area contributed by atoms with Gasteiger partial charge in [0.15, 0.2) is 0 Å². The van der Waals surface area contributed by atoms with E-state index in [4.69, 9.17) is 4.42 Å². The normalized spacial score (nSPS) is 12.9. The van der Waals surface area contributed by atoms with Crippen LogP contribution in [0.1, 0.15) is 29.9 Å². The van der Waals surface area contributed by atoms with Crippen LogP contribution in [0.3, 0.4) is 0 Å². The Balaban J connectivity index is 2.15. The maximum absolute atomic E-state index is 5.37. The lowest BCUT2D eigenvalue weighted by atomic mass is 10.0. The molecule has 0 radical (unpaired) electrons. The lowest BCUT2D eigenvalue weighted by Gasteiger charge is -2.16. The minimum absolute atomic E-state index is 0.294. The molecule has 92 valence electrons. The van der Waals surface area contributed by atoms with Crippen molar-refractivity contribution in [2.24, 2.45) is 7.05 Å². The number of nitrogens with one attached hydrogen (secondary N) is 1. The van der Waals surface area contributed by atoms with E-state index in [1.807, 2.05) is 30.9 Å². The molecule has 0 saturated heterocycles. The molecule has 0 bridgehead atoms. The number of aryl methyl sites for hydroxylation is 2.